The number of hydrogen-bond donors (Lipinski definition) is 2. The van der Waals surface area contributed by atoms with E-state index in [-0.39, 0.29) is 24.7 Å². The SMILES string of the molecule is CCCCCCCc1ccc(-c2ccc(CN(C3CC3)C3CCC(C(=O)O)(C(=O)O)C3)cc2F)cc1. The molecule has 2 fully saturated rings. The van der Waals surface area contributed by atoms with E-state index in [2.05, 4.69) is 24.0 Å². The number of unbranched alkanes of at least 4 members (excludes halogenated alkanes) is 4. The summed E-state index contributed by atoms with van der Waals surface area (Å²) >= 11 is 0. The van der Waals surface area contributed by atoms with Crippen LogP contribution >= 0.6 is 0 Å². The van der Waals surface area contributed by atoms with Gasteiger partial charge in [0.05, 0.1) is 0 Å². The van der Waals surface area contributed by atoms with Crippen molar-refractivity contribution in [3.05, 3.63) is 59.4 Å². The Morgan fingerprint density at radius 3 is 2.17 bits per heavy atom. The second-order valence-electron chi connectivity index (χ2n) is 10.7. The Morgan fingerprint density at radius 1 is 0.917 bits per heavy atom. The molecule has 0 spiro atoms. The van der Waals surface area contributed by atoms with Gasteiger partial charge in [-0.3, -0.25) is 14.5 Å². The predicted molar refractivity (Wildman–Crippen MR) is 138 cm³/mol. The lowest BCUT2D eigenvalue weighted by Crippen LogP contribution is -2.41. The van der Waals surface area contributed by atoms with E-state index >= 15 is 4.39 Å². The van der Waals surface area contributed by atoms with Crippen molar-refractivity contribution < 1.29 is 24.2 Å². The van der Waals surface area contributed by atoms with Crippen LogP contribution in [-0.4, -0.2) is 39.1 Å². The molecule has 2 aromatic carbocycles. The van der Waals surface area contributed by atoms with Gasteiger partial charge in [-0.05, 0) is 67.7 Å². The molecule has 1 atom stereocenters. The van der Waals surface area contributed by atoms with Crippen molar-refractivity contribution in [2.45, 2.75) is 96.2 Å². The minimum Gasteiger partial charge on any atom is -0.480 e. The normalized spacial score (nSPS) is 19.0. The standard InChI is InChI=1S/C30H38FNO4/c1-2-3-4-5-6-7-21-8-11-23(12-9-21)26-15-10-22(18-27(26)31)20-32(24-13-14-24)25-16-17-30(19-25,28(33)34)29(35)36/h8-12,15,18,24-25H,2-7,13-14,16-17,19-20H2,1H3,(H,33,34)(H,35,36). The third-order valence-corrected chi connectivity index (χ3v) is 8.02. The quantitative estimate of drug-likeness (QED) is 0.239. The first kappa shape index (κ1) is 26.3. The van der Waals surface area contributed by atoms with E-state index in [4.69, 9.17) is 0 Å². The Morgan fingerprint density at radius 2 is 1.58 bits per heavy atom. The third kappa shape index (κ3) is 5.97. The zero-order valence-corrected chi connectivity index (χ0v) is 21.2. The number of rotatable bonds is 13. The van der Waals surface area contributed by atoms with Crippen molar-refractivity contribution in [3.63, 3.8) is 0 Å². The van der Waals surface area contributed by atoms with Crippen LogP contribution in [0.15, 0.2) is 42.5 Å². The Kier molecular flexibility index (Phi) is 8.45. The molecular formula is C30H38FNO4. The van der Waals surface area contributed by atoms with E-state index in [1.165, 1.54) is 37.7 Å². The maximum atomic E-state index is 15.2. The molecular weight excluding hydrogens is 457 g/mol. The molecule has 194 valence electrons. The monoisotopic (exact) mass is 495 g/mol. The first-order chi connectivity index (χ1) is 17.3. The van der Waals surface area contributed by atoms with E-state index in [0.29, 0.717) is 24.6 Å². The number of aryl methyl sites for hydroxylation is 1. The Hall–Kier alpha value is -2.73. The van der Waals surface area contributed by atoms with Crippen LogP contribution in [0.1, 0.15) is 82.3 Å². The van der Waals surface area contributed by atoms with Gasteiger partial charge in [0.1, 0.15) is 5.82 Å². The molecule has 0 aromatic heterocycles. The van der Waals surface area contributed by atoms with Crippen LogP contribution in [0.5, 0.6) is 0 Å². The molecule has 0 bridgehead atoms. The Balaban J connectivity index is 1.41. The number of benzene rings is 2. The van der Waals surface area contributed by atoms with Gasteiger partial charge in [-0.2, -0.15) is 0 Å². The fraction of sp³-hybridized carbons (Fsp3) is 0.533. The summed E-state index contributed by atoms with van der Waals surface area (Å²) in [4.78, 5) is 25.7. The van der Waals surface area contributed by atoms with Crippen molar-refractivity contribution in [2.75, 3.05) is 0 Å². The molecule has 5 nitrogen and oxygen atoms in total. The zero-order chi connectivity index (χ0) is 25.7. The number of hydrogen-bond acceptors (Lipinski definition) is 3. The van der Waals surface area contributed by atoms with E-state index in [0.717, 1.165) is 30.4 Å². The van der Waals surface area contributed by atoms with Crippen molar-refractivity contribution in [1.82, 2.24) is 4.90 Å². The van der Waals surface area contributed by atoms with E-state index < -0.39 is 17.4 Å². The van der Waals surface area contributed by atoms with Gasteiger partial charge < -0.3 is 10.2 Å². The van der Waals surface area contributed by atoms with E-state index in [1.54, 1.807) is 6.07 Å². The van der Waals surface area contributed by atoms with Gasteiger partial charge in [0.2, 0.25) is 0 Å². The summed E-state index contributed by atoms with van der Waals surface area (Å²) < 4.78 is 15.2. The van der Waals surface area contributed by atoms with Crippen LogP contribution in [-0.2, 0) is 22.6 Å². The van der Waals surface area contributed by atoms with Gasteiger partial charge in [0.25, 0.3) is 0 Å². The number of carboxylic acid groups (broad SMARTS) is 2. The summed E-state index contributed by atoms with van der Waals surface area (Å²) in [5, 5.41) is 19.2. The molecule has 2 N–H and O–H groups in total. The zero-order valence-electron chi connectivity index (χ0n) is 21.2. The molecule has 0 saturated heterocycles. The van der Waals surface area contributed by atoms with Gasteiger partial charge in [-0.25, -0.2) is 4.39 Å². The van der Waals surface area contributed by atoms with Gasteiger partial charge in [0.15, 0.2) is 5.41 Å². The van der Waals surface area contributed by atoms with Crippen LogP contribution in [0.3, 0.4) is 0 Å². The van der Waals surface area contributed by atoms with E-state index in [1.807, 2.05) is 24.3 Å². The van der Waals surface area contributed by atoms with Crippen molar-refractivity contribution >= 4 is 11.9 Å². The first-order valence-corrected chi connectivity index (χ1v) is 13.4. The molecule has 2 aliphatic rings. The Labute approximate surface area is 213 Å². The molecule has 0 radical (unpaired) electrons. The molecule has 36 heavy (non-hydrogen) atoms. The molecule has 4 rings (SSSR count). The second-order valence-corrected chi connectivity index (χ2v) is 10.7. The number of carbonyl (C=O) groups is 2. The molecule has 0 aliphatic heterocycles. The highest BCUT2D eigenvalue weighted by atomic mass is 19.1. The fourth-order valence-electron chi connectivity index (χ4n) is 5.63. The lowest BCUT2D eigenvalue weighted by molar-refractivity contribution is -0.164. The third-order valence-electron chi connectivity index (χ3n) is 8.02. The minimum absolute atomic E-state index is 0.0969. The maximum absolute atomic E-state index is 15.2. The maximum Gasteiger partial charge on any atom is 0.321 e. The average Bonchev–Trinajstić information content (AvgIpc) is 3.59. The van der Waals surface area contributed by atoms with Crippen LogP contribution in [0.2, 0.25) is 0 Å². The van der Waals surface area contributed by atoms with Crippen molar-refractivity contribution in [1.29, 1.82) is 0 Å². The second kappa shape index (κ2) is 11.5. The van der Waals surface area contributed by atoms with Crippen LogP contribution in [0, 0.1) is 11.2 Å². The fourth-order valence-corrected chi connectivity index (χ4v) is 5.63. The van der Waals surface area contributed by atoms with Crippen LogP contribution in [0.4, 0.5) is 4.39 Å². The summed E-state index contributed by atoms with van der Waals surface area (Å²) in [6, 6.07) is 13.7. The van der Waals surface area contributed by atoms with Gasteiger partial charge in [0, 0.05) is 24.2 Å². The van der Waals surface area contributed by atoms with Crippen molar-refractivity contribution in [3.8, 4) is 11.1 Å². The van der Waals surface area contributed by atoms with Crippen LogP contribution < -0.4 is 0 Å². The largest absolute Gasteiger partial charge is 0.480 e. The number of aliphatic carboxylic acids is 2. The summed E-state index contributed by atoms with van der Waals surface area (Å²) in [6.45, 7) is 2.72. The van der Waals surface area contributed by atoms with Gasteiger partial charge in [-0.15, -0.1) is 0 Å². The highest BCUT2D eigenvalue weighted by Crippen LogP contribution is 2.44. The highest BCUT2D eigenvalue weighted by molar-refractivity contribution is 5.98. The van der Waals surface area contributed by atoms with Crippen LogP contribution in [0.25, 0.3) is 11.1 Å². The topological polar surface area (TPSA) is 77.8 Å². The summed E-state index contributed by atoms with van der Waals surface area (Å²) in [5.41, 5.74) is 1.83. The number of halogens is 1. The molecule has 2 aromatic rings. The average molecular weight is 496 g/mol. The lowest BCUT2D eigenvalue weighted by atomic mass is 9.86. The van der Waals surface area contributed by atoms with E-state index in [9.17, 15) is 19.8 Å². The number of carboxylic acids is 2. The summed E-state index contributed by atoms with van der Waals surface area (Å²) in [6.07, 6.45) is 10.1. The van der Waals surface area contributed by atoms with Gasteiger partial charge >= 0.3 is 11.9 Å². The minimum atomic E-state index is -1.71. The predicted octanol–water partition coefficient (Wildman–Crippen LogP) is 6.68. The molecule has 6 heteroatoms. The molecule has 0 amide bonds. The molecule has 2 saturated carbocycles. The number of nitrogens with zero attached hydrogens (tertiary/aromatic N) is 1. The van der Waals surface area contributed by atoms with Crippen molar-refractivity contribution in [2.24, 2.45) is 5.41 Å². The Bertz CT molecular complexity index is 1050. The lowest BCUT2D eigenvalue weighted by Gasteiger charge is -2.30. The first-order valence-electron chi connectivity index (χ1n) is 13.4. The molecule has 2 aliphatic carbocycles. The highest BCUT2D eigenvalue weighted by Gasteiger charge is 2.54. The summed E-state index contributed by atoms with van der Waals surface area (Å²) in [5.74, 6) is -2.79. The molecule has 0 heterocycles. The smallest absolute Gasteiger partial charge is 0.321 e. The summed E-state index contributed by atoms with van der Waals surface area (Å²) in [7, 11) is 0. The molecule has 1 unspecified atom stereocenters. The van der Waals surface area contributed by atoms with Gasteiger partial charge in [-0.1, -0.05) is 69.0 Å².